The summed E-state index contributed by atoms with van der Waals surface area (Å²) >= 11 is 6.17. The van der Waals surface area contributed by atoms with E-state index in [9.17, 15) is 4.79 Å². The number of carbonyl (C=O) groups is 1. The van der Waals surface area contributed by atoms with Gasteiger partial charge >= 0.3 is 0 Å². The first-order valence-corrected chi connectivity index (χ1v) is 9.97. The van der Waals surface area contributed by atoms with Crippen LogP contribution in [-0.2, 0) is 0 Å². The van der Waals surface area contributed by atoms with E-state index >= 15 is 0 Å². The summed E-state index contributed by atoms with van der Waals surface area (Å²) < 4.78 is 5.29. The second-order valence-electron chi connectivity index (χ2n) is 6.93. The maximum Gasteiger partial charge on any atom is 0.252 e. The first-order chi connectivity index (χ1) is 13.2. The number of nitrogens with one attached hydrogen (secondary N) is 1. The summed E-state index contributed by atoms with van der Waals surface area (Å²) in [4.78, 5) is 15.1. The monoisotopic (exact) mass is 386 g/mol. The molecule has 1 heterocycles. The van der Waals surface area contributed by atoms with Crippen LogP contribution in [0.15, 0.2) is 48.5 Å². The molecule has 0 saturated carbocycles. The fourth-order valence-electron chi connectivity index (χ4n) is 3.62. The highest BCUT2D eigenvalue weighted by Crippen LogP contribution is 2.26. The van der Waals surface area contributed by atoms with Gasteiger partial charge in [-0.05, 0) is 55.8 Å². The zero-order valence-corrected chi connectivity index (χ0v) is 16.5. The molecule has 3 rings (SSSR count). The molecule has 1 fully saturated rings. The maximum atomic E-state index is 12.6. The number of ether oxygens (including phenoxy) is 1. The summed E-state index contributed by atoms with van der Waals surface area (Å²) in [7, 11) is 1.67. The van der Waals surface area contributed by atoms with Crippen molar-refractivity contribution in [2.75, 3.05) is 26.7 Å². The van der Waals surface area contributed by atoms with Gasteiger partial charge in [-0.3, -0.25) is 9.69 Å². The van der Waals surface area contributed by atoms with Gasteiger partial charge in [-0.15, -0.1) is 0 Å². The number of benzene rings is 2. The predicted molar refractivity (Wildman–Crippen MR) is 110 cm³/mol. The van der Waals surface area contributed by atoms with Crippen LogP contribution in [0.3, 0.4) is 0 Å². The number of amides is 1. The average molecular weight is 387 g/mol. The summed E-state index contributed by atoms with van der Waals surface area (Å²) in [6.07, 6.45) is 4.95. The Morgan fingerprint density at radius 3 is 2.37 bits per heavy atom. The predicted octanol–water partition coefficient (Wildman–Crippen LogP) is 4.70. The maximum absolute atomic E-state index is 12.6. The molecule has 2 aromatic carbocycles. The van der Waals surface area contributed by atoms with Crippen molar-refractivity contribution in [1.29, 1.82) is 0 Å². The van der Waals surface area contributed by atoms with E-state index in [1.165, 1.54) is 31.2 Å². The highest BCUT2D eigenvalue weighted by Gasteiger charge is 2.23. The molecule has 0 aliphatic carbocycles. The number of hydrogen-bond acceptors (Lipinski definition) is 3. The molecule has 1 N–H and O–H groups in total. The van der Waals surface area contributed by atoms with E-state index in [1.807, 2.05) is 24.3 Å². The van der Waals surface area contributed by atoms with Crippen molar-refractivity contribution >= 4 is 17.5 Å². The molecule has 144 valence electrons. The molecule has 1 aliphatic heterocycles. The molecule has 1 amide bonds. The van der Waals surface area contributed by atoms with Crippen LogP contribution in [-0.4, -0.2) is 37.6 Å². The number of carbonyl (C=O) groups excluding carboxylic acids is 1. The smallest absolute Gasteiger partial charge is 0.252 e. The topological polar surface area (TPSA) is 41.6 Å². The Hall–Kier alpha value is -2.04. The molecule has 0 spiro atoms. The fraction of sp³-hybridized carbons (Fsp3) is 0.409. The number of nitrogens with zero attached hydrogens (tertiary/aromatic N) is 1. The van der Waals surface area contributed by atoms with Gasteiger partial charge in [0.15, 0.2) is 0 Å². The highest BCUT2D eigenvalue weighted by atomic mass is 35.5. The van der Waals surface area contributed by atoms with Crippen molar-refractivity contribution in [3.63, 3.8) is 0 Å². The van der Waals surface area contributed by atoms with E-state index < -0.39 is 0 Å². The molecule has 0 aromatic heterocycles. The number of rotatable bonds is 6. The minimum Gasteiger partial charge on any atom is -0.497 e. The van der Waals surface area contributed by atoms with Gasteiger partial charge in [0.1, 0.15) is 5.75 Å². The van der Waals surface area contributed by atoms with Crippen molar-refractivity contribution in [3.8, 4) is 5.75 Å². The van der Waals surface area contributed by atoms with Crippen LogP contribution in [0.5, 0.6) is 5.75 Å². The van der Waals surface area contributed by atoms with Crippen molar-refractivity contribution < 1.29 is 9.53 Å². The lowest BCUT2D eigenvalue weighted by molar-refractivity contribution is 0.0933. The van der Waals surface area contributed by atoms with Gasteiger partial charge in [-0.2, -0.15) is 0 Å². The molecule has 1 saturated heterocycles. The van der Waals surface area contributed by atoms with Crippen LogP contribution in [0, 0.1) is 0 Å². The first-order valence-electron chi connectivity index (χ1n) is 9.60. The quantitative estimate of drug-likeness (QED) is 0.782. The lowest BCUT2D eigenvalue weighted by atomic mass is 10.0. The largest absolute Gasteiger partial charge is 0.497 e. The first kappa shape index (κ1) is 19.7. The lowest BCUT2D eigenvalue weighted by Crippen LogP contribution is -2.38. The molecule has 27 heavy (non-hydrogen) atoms. The molecule has 0 unspecified atom stereocenters. The summed E-state index contributed by atoms with van der Waals surface area (Å²) in [6.45, 7) is 2.66. The van der Waals surface area contributed by atoms with E-state index in [-0.39, 0.29) is 11.9 Å². The van der Waals surface area contributed by atoms with E-state index in [2.05, 4.69) is 22.3 Å². The molecular weight excluding hydrogens is 360 g/mol. The van der Waals surface area contributed by atoms with Gasteiger partial charge in [0, 0.05) is 6.54 Å². The number of halogens is 1. The van der Waals surface area contributed by atoms with Crippen LogP contribution >= 0.6 is 11.6 Å². The third-order valence-electron chi connectivity index (χ3n) is 5.16. The van der Waals surface area contributed by atoms with Gasteiger partial charge in [0.2, 0.25) is 0 Å². The molecule has 0 bridgehead atoms. The second kappa shape index (κ2) is 9.77. The summed E-state index contributed by atoms with van der Waals surface area (Å²) in [5.41, 5.74) is 1.71. The fourth-order valence-corrected chi connectivity index (χ4v) is 3.84. The minimum atomic E-state index is -0.131. The SMILES string of the molecule is COc1ccc([C@@H](CNC(=O)c2ccccc2Cl)N2CCCCCC2)cc1. The van der Waals surface area contributed by atoms with Crippen LogP contribution in [0.2, 0.25) is 5.02 Å². The van der Waals surface area contributed by atoms with E-state index in [0.717, 1.165) is 18.8 Å². The van der Waals surface area contributed by atoms with Crippen LogP contribution < -0.4 is 10.1 Å². The van der Waals surface area contributed by atoms with Crippen LogP contribution in [0.25, 0.3) is 0 Å². The summed E-state index contributed by atoms with van der Waals surface area (Å²) in [6, 6.07) is 15.4. The van der Waals surface area contributed by atoms with Gasteiger partial charge in [-0.25, -0.2) is 0 Å². The molecule has 2 aromatic rings. The summed E-state index contributed by atoms with van der Waals surface area (Å²) in [5.74, 6) is 0.711. The van der Waals surface area contributed by atoms with Gasteiger partial charge in [0.05, 0.1) is 23.7 Å². The van der Waals surface area contributed by atoms with E-state index in [0.29, 0.717) is 17.1 Å². The molecular formula is C22H27ClN2O2. The Balaban J connectivity index is 1.76. The minimum absolute atomic E-state index is 0.131. The number of hydrogen-bond donors (Lipinski definition) is 1. The molecule has 4 nitrogen and oxygen atoms in total. The molecule has 1 aliphatic rings. The van der Waals surface area contributed by atoms with Crippen LogP contribution in [0.4, 0.5) is 0 Å². The third kappa shape index (κ3) is 5.24. The summed E-state index contributed by atoms with van der Waals surface area (Å²) in [5, 5.41) is 3.57. The highest BCUT2D eigenvalue weighted by molar-refractivity contribution is 6.33. The van der Waals surface area contributed by atoms with Gasteiger partial charge in [-0.1, -0.05) is 48.7 Å². The number of methoxy groups -OCH3 is 1. The van der Waals surface area contributed by atoms with Gasteiger partial charge < -0.3 is 10.1 Å². The normalized spacial score (nSPS) is 16.4. The standard InChI is InChI=1S/C22H27ClN2O2/c1-27-18-12-10-17(11-13-18)21(25-14-6-2-3-7-15-25)16-24-22(26)19-8-4-5-9-20(19)23/h4-5,8-13,21H,2-3,6-7,14-16H2,1H3,(H,24,26)/t21-/m1/s1. The van der Waals surface area contributed by atoms with Crippen molar-refractivity contribution in [1.82, 2.24) is 10.2 Å². The molecule has 1 atom stereocenters. The zero-order chi connectivity index (χ0) is 19.1. The molecule has 0 radical (unpaired) electrons. The van der Waals surface area contributed by atoms with E-state index in [1.54, 1.807) is 19.2 Å². The Labute approximate surface area is 166 Å². The second-order valence-corrected chi connectivity index (χ2v) is 7.34. The Morgan fingerprint density at radius 2 is 1.74 bits per heavy atom. The van der Waals surface area contributed by atoms with Crippen molar-refractivity contribution in [3.05, 3.63) is 64.7 Å². The van der Waals surface area contributed by atoms with E-state index in [4.69, 9.17) is 16.3 Å². The zero-order valence-electron chi connectivity index (χ0n) is 15.8. The van der Waals surface area contributed by atoms with Crippen LogP contribution in [0.1, 0.15) is 47.6 Å². The number of likely N-dealkylation sites (tertiary alicyclic amines) is 1. The van der Waals surface area contributed by atoms with Crippen molar-refractivity contribution in [2.45, 2.75) is 31.7 Å². The Morgan fingerprint density at radius 1 is 1.07 bits per heavy atom. The average Bonchev–Trinajstić information content (AvgIpc) is 2.98. The Bertz CT molecular complexity index is 740. The van der Waals surface area contributed by atoms with Crippen molar-refractivity contribution in [2.24, 2.45) is 0 Å². The Kier molecular flexibility index (Phi) is 7.13. The lowest BCUT2D eigenvalue weighted by Gasteiger charge is -2.31. The molecule has 5 heteroatoms. The van der Waals surface area contributed by atoms with Gasteiger partial charge in [0.25, 0.3) is 5.91 Å². The third-order valence-corrected chi connectivity index (χ3v) is 5.49.